The third-order valence-electron chi connectivity index (χ3n) is 3.36. The van der Waals surface area contributed by atoms with Gasteiger partial charge in [-0.2, -0.15) is 0 Å². The highest BCUT2D eigenvalue weighted by Gasteiger charge is 2.37. The van der Waals surface area contributed by atoms with Gasteiger partial charge in [-0.05, 0) is 18.8 Å². The van der Waals surface area contributed by atoms with Crippen LogP contribution in [0.2, 0.25) is 0 Å². The van der Waals surface area contributed by atoms with E-state index in [1.807, 2.05) is 0 Å². The molecule has 0 radical (unpaired) electrons. The predicted octanol–water partition coefficient (Wildman–Crippen LogP) is 2.38. The topological polar surface area (TPSA) is 59.7 Å². The van der Waals surface area contributed by atoms with Gasteiger partial charge in [-0.25, -0.2) is 4.79 Å². The van der Waals surface area contributed by atoms with Crippen LogP contribution in [0.1, 0.15) is 53.8 Å². The second-order valence-electron chi connectivity index (χ2n) is 5.45. The molecule has 4 nitrogen and oxygen atoms in total. The number of aliphatic hydroxyl groups excluding tert-OH is 1. The number of ether oxygens (including phenoxy) is 1. The molecule has 1 unspecified atom stereocenters. The Bertz CT molecular complexity index is 456. The average molecular weight is 238 g/mol. The quantitative estimate of drug-likeness (QED) is 0.763. The van der Waals surface area contributed by atoms with E-state index in [9.17, 15) is 9.90 Å². The number of rotatable bonds is 1. The Morgan fingerprint density at radius 3 is 2.76 bits per heavy atom. The molecule has 1 aliphatic rings. The van der Waals surface area contributed by atoms with Gasteiger partial charge in [-0.3, -0.25) is 0 Å². The fourth-order valence-electron chi connectivity index (χ4n) is 2.57. The zero-order valence-corrected chi connectivity index (χ0v) is 10.7. The van der Waals surface area contributed by atoms with Gasteiger partial charge in [0.2, 0.25) is 5.76 Å². The maximum absolute atomic E-state index is 11.5. The van der Waals surface area contributed by atoms with Crippen LogP contribution in [0.4, 0.5) is 0 Å². The van der Waals surface area contributed by atoms with Crippen LogP contribution >= 0.6 is 0 Å². The molecule has 0 spiro atoms. The largest absolute Gasteiger partial charge is 0.463 e. The van der Waals surface area contributed by atoms with Crippen molar-refractivity contribution in [2.45, 2.75) is 39.7 Å². The van der Waals surface area contributed by atoms with Gasteiger partial charge in [-0.1, -0.05) is 13.8 Å². The van der Waals surface area contributed by atoms with E-state index in [4.69, 9.17) is 4.42 Å². The van der Waals surface area contributed by atoms with Gasteiger partial charge >= 0.3 is 5.97 Å². The van der Waals surface area contributed by atoms with E-state index < -0.39 is 12.1 Å². The summed E-state index contributed by atoms with van der Waals surface area (Å²) in [6, 6.07) is 0. The second-order valence-corrected chi connectivity index (χ2v) is 5.45. The third-order valence-corrected chi connectivity index (χ3v) is 3.36. The summed E-state index contributed by atoms with van der Waals surface area (Å²) < 4.78 is 10.2. The van der Waals surface area contributed by atoms with Crippen LogP contribution in [-0.2, 0) is 11.2 Å². The summed E-state index contributed by atoms with van der Waals surface area (Å²) in [5, 5.41) is 10.1. The first-order valence-corrected chi connectivity index (χ1v) is 5.74. The zero-order chi connectivity index (χ0) is 12.8. The normalized spacial score (nSPS) is 22.1. The van der Waals surface area contributed by atoms with Crippen LogP contribution in [0.3, 0.4) is 0 Å². The number of esters is 1. The Morgan fingerprint density at radius 2 is 2.18 bits per heavy atom. The Balaban J connectivity index is 2.49. The van der Waals surface area contributed by atoms with Gasteiger partial charge < -0.3 is 14.3 Å². The lowest BCUT2D eigenvalue weighted by atomic mass is 9.75. The van der Waals surface area contributed by atoms with Crippen molar-refractivity contribution in [3.05, 3.63) is 22.6 Å². The molecule has 0 aromatic carbocycles. The number of carbonyl (C=O) groups excluding carboxylic acids is 1. The van der Waals surface area contributed by atoms with Crippen molar-refractivity contribution in [3.63, 3.8) is 0 Å². The standard InChI is InChI=1S/C13H18O4/c1-7-10-8(14)5-13(2,3)6-9(10)17-11(7)12(15)16-4/h8,14H,5-6H2,1-4H3. The molecule has 17 heavy (non-hydrogen) atoms. The van der Waals surface area contributed by atoms with E-state index in [1.54, 1.807) is 6.92 Å². The monoisotopic (exact) mass is 238 g/mol. The number of aliphatic hydroxyl groups is 1. The maximum atomic E-state index is 11.5. The maximum Gasteiger partial charge on any atom is 0.374 e. The highest BCUT2D eigenvalue weighted by atomic mass is 16.5. The van der Waals surface area contributed by atoms with Crippen LogP contribution in [0.5, 0.6) is 0 Å². The molecule has 0 saturated heterocycles. The molecule has 1 aromatic heterocycles. The first-order chi connectivity index (χ1) is 7.85. The fraction of sp³-hybridized carbons (Fsp3) is 0.615. The summed E-state index contributed by atoms with van der Waals surface area (Å²) in [5.74, 6) is 0.447. The van der Waals surface area contributed by atoms with Crippen LogP contribution in [0.15, 0.2) is 4.42 Å². The molecule has 1 aliphatic carbocycles. The van der Waals surface area contributed by atoms with Crippen molar-refractivity contribution < 1.29 is 19.1 Å². The molecule has 0 fully saturated rings. The summed E-state index contributed by atoms with van der Waals surface area (Å²) in [6.07, 6.45) is 0.856. The summed E-state index contributed by atoms with van der Waals surface area (Å²) in [6.45, 7) is 5.94. The van der Waals surface area contributed by atoms with E-state index in [1.165, 1.54) is 7.11 Å². The third kappa shape index (κ3) is 1.97. The van der Waals surface area contributed by atoms with E-state index in [0.29, 0.717) is 17.7 Å². The molecule has 2 rings (SSSR count). The van der Waals surface area contributed by atoms with Crippen LogP contribution in [-0.4, -0.2) is 18.2 Å². The van der Waals surface area contributed by atoms with Crippen molar-refractivity contribution in [1.82, 2.24) is 0 Å². The molecule has 0 amide bonds. The Hall–Kier alpha value is -1.29. The molecule has 1 atom stereocenters. The number of hydrogen-bond donors (Lipinski definition) is 1. The van der Waals surface area contributed by atoms with E-state index in [-0.39, 0.29) is 11.2 Å². The zero-order valence-electron chi connectivity index (χ0n) is 10.7. The van der Waals surface area contributed by atoms with E-state index in [2.05, 4.69) is 18.6 Å². The molecule has 0 aliphatic heterocycles. The van der Waals surface area contributed by atoms with Crippen molar-refractivity contribution in [1.29, 1.82) is 0 Å². The summed E-state index contributed by atoms with van der Waals surface area (Å²) in [5.41, 5.74) is 1.46. The minimum atomic E-state index is -0.559. The summed E-state index contributed by atoms with van der Waals surface area (Å²) >= 11 is 0. The average Bonchev–Trinajstić information content (AvgIpc) is 2.52. The van der Waals surface area contributed by atoms with Gasteiger partial charge in [-0.15, -0.1) is 0 Å². The lowest BCUT2D eigenvalue weighted by Crippen LogP contribution is -2.24. The summed E-state index contributed by atoms with van der Waals surface area (Å²) in [4.78, 5) is 11.5. The Morgan fingerprint density at radius 1 is 1.53 bits per heavy atom. The smallest absolute Gasteiger partial charge is 0.374 e. The minimum Gasteiger partial charge on any atom is -0.463 e. The van der Waals surface area contributed by atoms with Crippen LogP contribution < -0.4 is 0 Å². The second kappa shape index (κ2) is 3.88. The minimum absolute atomic E-state index is 0.00982. The van der Waals surface area contributed by atoms with Gasteiger partial charge in [0, 0.05) is 17.5 Å². The predicted molar refractivity (Wildman–Crippen MR) is 61.8 cm³/mol. The molecule has 0 bridgehead atoms. The van der Waals surface area contributed by atoms with E-state index >= 15 is 0 Å². The highest BCUT2D eigenvalue weighted by molar-refractivity contribution is 5.88. The molecule has 0 saturated carbocycles. The SMILES string of the molecule is COC(=O)c1oc2c(c1C)C(O)CC(C)(C)C2. The first kappa shape index (κ1) is 12.2. The van der Waals surface area contributed by atoms with Gasteiger partial charge in [0.1, 0.15) is 5.76 Å². The van der Waals surface area contributed by atoms with Crippen molar-refractivity contribution >= 4 is 5.97 Å². The number of methoxy groups -OCH3 is 1. The van der Waals surface area contributed by atoms with Crippen molar-refractivity contribution in [2.24, 2.45) is 5.41 Å². The number of furan rings is 1. The highest BCUT2D eigenvalue weighted by Crippen LogP contribution is 2.43. The van der Waals surface area contributed by atoms with Gasteiger partial charge in [0.25, 0.3) is 0 Å². The van der Waals surface area contributed by atoms with Crippen LogP contribution in [0, 0.1) is 12.3 Å². The number of carbonyl (C=O) groups is 1. The molecule has 1 heterocycles. The lowest BCUT2D eigenvalue weighted by Gasteiger charge is -2.31. The summed E-state index contributed by atoms with van der Waals surface area (Å²) in [7, 11) is 1.32. The van der Waals surface area contributed by atoms with Crippen LogP contribution in [0.25, 0.3) is 0 Å². The molecule has 1 N–H and O–H groups in total. The van der Waals surface area contributed by atoms with Crippen molar-refractivity contribution in [2.75, 3.05) is 7.11 Å². The molecule has 1 aromatic rings. The van der Waals surface area contributed by atoms with Gasteiger partial charge in [0.05, 0.1) is 13.2 Å². The number of fused-ring (bicyclic) bond motifs is 1. The van der Waals surface area contributed by atoms with E-state index in [0.717, 1.165) is 12.0 Å². The molecule has 94 valence electrons. The Kier molecular flexibility index (Phi) is 2.78. The van der Waals surface area contributed by atoms with Crippen molar-refractivity contribution in [3.8, 4) is 0 Å². The lowest BCUT2D eigenvalue weighted by molar-refractivity contribution is 0.0557. The first-order valence-electron chi connectivity index (χ1n) is 5.74. The fourth-order valence-corrected chi connectivity index (χ4v) is 2.57. The molecular formula is C13H18O4. The molecular weight excluding hydrogens is 220 g/mol. The molecule has 4 heteroatoms. The number of hydrogen-bond acceptors (Lipinski definition) is 4. The Labute approximate surface area is 101 Å². The van der Waals surface area contributed by atoms with Gasteiger partial charge in [0.15, 0.2) is 0 Å².